The lowest BCUT2D eigenvalue weighted by atomic mass is 9.37. The summed E-state index contributed by atoms with van der Waals surface area (Å²) in [7, 11) is 0. The van der Waals surface area contributed by atoms with Gasteiger partial charge in [-0.15, -0.1) is 0 Å². The lowest BCUT2D eigenvalue weighted by Crippen LogP contribution is -2.64. The summed E-state index contributed by atoms with van der Waals surface area (Å²) in [6, 6.07) is 0. The van der Waals surface area contributed by atoms with E-state index in [2.05, 4.69) is 27.7 Å². The van der Waals surface area contributed by atoms with Crippen LogP contribution >= 0.6 is 0 Å². The summed E-state index contributed by atoms with van der Waals surface area (Å²) in [6.45, 7) is 9.49. The van der Waals surface area contributed by atoms with Crippen molar-refractivity contribution in [1.29, 1.82) is 0 Å². The zero-order valence-corrected chi connectivity index (χ0v) is 11.8. The molecule has 0 radical (unpaired) electrons. The van der Waals surface area contributed by atoms with Crippen LogP contribution in [0.1, 0.15) is 66.2 Å². The van der Waals surface area contributed by atoms with Crippen LogP contribution < -0.4 is 0 Å². The molecular weight excluding hydrogens is 208 g/mol. The first kappa shape index (κ1) is 11.7. The Morgan fingerprint density at radius 2 is 1.94 bits per heavy atom. The van der Waals surface area contributed by atoms with E-state index in [0.29, 0.717) is 22.5 Å². The average Bonchev–Trinajstić information content (AvgIpc) is 2.41. The van der Waals surface area contributed by atoms with Crippen LogP contribution in [0.4, 0.5) is 0 Å². The van der Waals surface area contributed by atoms with Gasteiger partial charge in [0.1, 0.15) is 5.78 Å². The van der Waals surface area contributed by atoms with Crippen LogP contribution in [0.5, 0.6) is 0 Å². The Morgan fingerprint density at radius 1 is 1.24 bits per heavy atom. The maximum Gasteiger partial charge on any atom is 0.139 e. The van der Waals surface area contributed by atoms with Crippen LogP contribution in [0.15, 0.2) is 0 Å². The third kappa shape index (κ3) is 1.24. The molecule has 0 amide bonds. The van der Waals surface area contributed by atoms with E-state index in [1.165, 1.54) is 25.7 Å². The molecule has 3 rings (SSSR count). The molecule has 1 spiro atoms. The Balaban J connectivity index is 1.98. The molecule has 0 aliphatic heterocycles. The van der Waals surface area contributed by atoms with Crippen molar-refractivity contribution < 1.29 is 4.79 Å². The monoisotopic (exact) mass is 234 g/mol. The second-order valence-corrected chi connectivity index (χ2v) is 8.13. The van der Waals surface area contributed by atoms with Gasteiger partial charge in [-0.3, -0.25) is 4.79 Å². The van der Waals surface area contributed by atoms with Crippen molar-refractivity contribution in [3.8, 4) is 0 Å². The Kier molecular flexibility index (Phi) is 2.18. The number of ketones is 1. The first-order valence-corrected chi connectivity index (χ1v) is 7.35. The fourth-order valence-electron chi connectivity index (χ4n) is 5.64. The maximum absolute atomic E-state index is 12.5. The van der Waals surface area contributed by atoms with E-state index in [4.69, 9.17) is 0 Å². The molecular formula is C16H26O. The molecule has 0 N–H and O–H groups in total. The van der Waals surface area contributed by atoms with Crippen LogP contribution in [0.3, 0.4) is 0 Å². The van der Waals surface area contributed by atoms with Crippen molar-refractivity contribution in [2.45, 2.75) is 66.2 Å². The van der Waals surface area contributed by atoms with Crippen molar-refractivity contribution >= 4 is 5.78 Å². The molecule has 0 heterocycles. The molecule has 96 valence electrons. The van der Waals surface area contributed by atoms with E-state index >= 15 is 0 Å². The van der Waals surface area contributed by atoms with Gasteiger partial charge in [0.15, 0.2) is 0 Å². The maximum atomic E-state index is 12.5. The molecule has 0 bridgehead atoms. The van der Waals surface area contributed by atoms with Gasteiger partial charge in [-0.2, -0.15) is 0 Å². The van der Waals surface area contributed by atoms with E-state index in [1.54, 1.807) is 0 Å². The molecule has 0 unspecified atom stereocenters. The largest absolute Gasteiger partial charge is 0.299 e. The Hall–Kier alpha value is -0.330. The van der Waals surface area contributed by atoms with Gasteiger partial charge in [-0.05, 0) is 48.3 Å². The summed E-state index contributed by atoms with van der Waals surface area (Å²) < 4.78 is 0. The first-order chi connectivity index (χ1) is 7.81. The quantitative estimate of drug-likeness (QED) is 0.613. The standard InChI is InChI=1S/C16H26O/c1-14(2,3)11-6-7-13(17)16-9-5-8-15(16,4)10-12(11)16/h11-12H,5-10H2,1-4H3/t11-,12-,15+,16-/m0/s1. The fraction of sp³-hybridized carbons (Fsp3) is 0.938. The lowest BCUT2D eigenvalue weighted by Gasteiger charge is -2.65. The summed E-state index contributed by atoms with van der Waals surface area (Å²) in [6.07, 6.45) is 7.10. The summed E-state index contributed by atoms with van der Waals surface area (Å²) in [5.41, 5.74) is 0.865. The summed E-state index contributed by atoms with van der Waals surface area (Å²) in [5.74, 6) is 2.09. The molecule has 17 heavy (non-hydrogen) atoms. The first-order valence-electron chi connectivity index (χ1n) is 7.35. The second-order valence-electron chi connectivity index (χ2n) is 8.13. The second kappa shape index (κ2) is 3.16. The molecule has 0 aromatic heterocycles. The number of carbonyl (C=O) groups excluding carboxylic acids is 1. The Labute approximate surface area is 105 Å². The zero-order valence-electron chi connectivity index (χ0n) is 11.8. The van der Waals surface area contributed by atoms with Crippen LogP contribution in [-0.4, -0.2) is 5.78 Å². The highest BCUT2D eigenvalue weighted by Gasteiger charge is 2.71. The summed E-state index contributed by atoms with van der Waals surface area (Å²) >= 11 is 0. The normalized spacial score (nSPS) is 49.5. The van der Waals surface area contributed by atoms with E-state index in [1.807, 2.05) is 0 Å². The highest BCUT2D eigenvalue weighted by molar-refractivity contribution is 5.88. The Morgan fingerprint density at radius 3 is 2.53 bits per heavy atom. The molecule has 1 heteroatoms. The minimum absolute atomic E-state index is 0.114. The smallest absolute Gasteiger partial charge is 0.139 e. The molecule has 4 atom stereocenters. The number of carbonyl (C=O) groups is 1. The lowest BCUT2D eigenvalue weighted by molar-refractivity contribution is -0.189. The van der Waals surface area contributed by atoms with Crippen molar-refractivity contribution in [2.75, 3.05) is 0 Å². The molecule has 0 aromatic carbocycles. The highest BCUT2D eigenvalue weighted by atomic mass is 16.1. The molecule has 0 saturated heterocycles. The van der Waals surface area contributed by atoms with Gasteiger partial charge in [0.2, 0.25) is 0 Å². The van der Waals surface area contributed by atoms with E-state index < -0.39 is 0 Å². The number of Topliss-reactive ketones (excluding diaryl/α,β-unsaturated/α-hetero) is 1. The average molecular weight is 234 g/mol. The van der Waals surface area contributed by atoms with Crippen molar-refractivity contribution in [3.63, 3.8) is 0 Å². The van der Waals surface area contributed by atoms with Gasteiger partial charge in [0.05, 0.1) is 0 Å². The fourth-order valence-corrected chi connectivity index (χ4v) is 5.64. The highest BCUT2D eigenvalue weighted by Crippen LogP contribution is 2.75. The summed E-state index contributed by atoms with van der Waals surface area (Å²) in [4.78, 5) is 12.5. The van der Waals surface area contributed by atoms with E-state index in [9.17, 15) is 4.79 Å². The van der Waals surface area contributed by atoms with E-state index in [-0.39, 0.29) is 5.41 Å². The van der Waals surface area contributed by atoms with Gasteiger partial charge in [-0.1, -0.05) is 34.1 Å². The van der Waals surface area contributed by atoms with Crippen molar-refractivity contribution in [2.24, 2.45) is 28.1 Å². The summed E-state index contributed by atoms with van der Waals surface area (Å²) in [5, 5.41) is 0. The van der Waals surface area contributed by atoms with Crippen molar-refractivity contribution in [3.05, 3.63) is 0 Å². The number of hydrogen-bond donors (Lipinski definition) is 0. The number of rotatable bonds is 0. The van der Waals surface area contributed by atoms with Gasteiger partial charge >= 0.3 is 0 Å². The predicted molar refractivity (Wildman–Crippen MR) is 69.7 cm³/mol. The SMILES string of the molecule is CC(C)(C)[C@H]1CCC(=O)[C@@]23CCC[C@]2(C)C[C@@H]13. The van der Waals surface area contributed by atoms with Gasteiger partial charge in [0.25, 0.3) is 0 Å². The minimum Gasteiger partial charge on any atom is -0.299 e. The van der Waals surface area contributed by atoms with Gasteiger partial charge in [-0.25, -0.2) is 0 Å². The van der Waals surface area contributed by atoms with Crippen LogP contribution in [0, 0.1) is 28.1 Å². The molecule has 3 aliphatic carbocycles. The predicted octanol–water partition coefficient (Wildman–Crippen LogP) is 4.21. The van der Waals surface area contributed by atoms with Crippen LogP contribution in [0.2, 0.25) is 0 Å². The molecule has 3 saturated carbocycles. The van der Waals surface area contributed by atoms with Gasteiger partial charge in [0, 0.05) is 11.8 Å². The zero-order chi connectivity index (χ0) is 12.5. The third-order valence-corrected chi connectivity index (χ3v) is 6.46. The van der Waals surface area contributed by atoms with Crippen LogP contribution in [0.25, 0.3) is 0 Å². The topological polar surface area (TPSA) is 17.1 Å². The van der Waals surface area contributed by atoms with E-state index in [0.717, 1.165) is 18.8 Å². The minimum atomic E-state index is 0.114. The molecule has 1 nitrogen and oxygen atoms in total. The molecule has 3 fully saturated rings. The molecule has 3 aliphatic rings. The van der Waals surface area contributed by atoms with Gasteiger partial charge < -0.3 is 0 Å². The number of hydrogen-bond acceptors (Lipinski definition) is 1. The van der Waals surface area contributed by atoms with Crippen molar-refractivity contribution in [1.82, 2.24) is 0 Å². The van der Waals surface area contributed by atoms with Crippen LogP contribution in [-0.2, 0) is 4.79 Å². The third-order valence-electron chi connectivity index (χ3n) is 6.46. The Bertz CT molecular complexity index is 364. The molecule has 0 aromatic rings.